The van der Waals surface area contributed by atoms with Crippen LogP contribution in [-0.4, -0.2) is 16.7 Å². The molecule has 14 heavy (non-hydrogen) atoms. The number of ether oxygens (including phenoxy) is 1. The van der Waals surface area contributed by atoms with E-state index in [0.29, 0.717) is 12.2 Å². The molecule has 0 amide bonds. The molecule has 0 N–H and O–H groups in total. The van der Waals surface area contributed by atoms with Crippen LogP contribution in [0.1, 0.15) is 12.1 Å². The largest absolute Gasteiger partial charge is 0.468 e. The summed E-state index contributed by atoms with van der Waals surface area (Å²) in [4.78, 5) is 15.5. The van der Waals surface area contributed by atoms with Crippen LogP contribution in [0.5, 0.6) is 6.01 Å². The number of rotatable bonds is 3. The average Bonchev–Trinajstić information content (AvgIpc) is 2.15. The van der Waals surface area contributed by atoms with Gasteiger partial charge in [0, 0.05) is 18.3 Å². The van der Waals surface area contributed by atoms with Gasteiger partial charge in [0.25, 0.3) is 11.6 Å². The van der Waals surface area contributed by atoms with Crippen LogP contribution >= 0.6 is 0 Å². The summed E-state index contributed by atoms with van der Waals surface area (Å²) >= 11 is 0. The van der Waals surface area contributed by atoms with Gasteiger partial charge in [-0.15, -0.1) is 0 Å². The highest BCUT2D eigenvalue weighted by Crippen LogP contribution is 2.04. The Labute approximate surface area is 81.6 Å². The van der Waals surface area contributed by atoms with Gasteiger partial charge in [-0.2, -0.15) is 5.26 Å². The third-order valence-corrected chi connectivity index (χ3v) is 1.73. The van der Waals surface area contributed by atoms with Gasteiger partial charge in [0.2, 0.25) is 0 Å². The van der Waals surface area contributed by atoms with Gasteiger partial charge in [-0.1, -0.05) is 0 Å². The molecule has 5 nitrogen and oxygen atoms in total. The smallest absolute Gasteiger partial charge is 0.299 e. The van der Waals surface area contributed by atoms with Gasteiger partial charge in [0.05, 0.1) is 19.6 Å². The van der Waals surface area contributed by atoms with Crippen LogP contribution < -0.4 is 10.3 Å². The SMILES string of the molecule is COc1nc(C)cc(=O)n1CCC#N. The van der Waals surface area contributed by atoms with Gasteiger partial charge in [-0.25, -0.2) is 4.98 Å². The Hall–Kier alpha value is -1.83. The summed E-state index contributed by atoms with van der Waals surface area (Å²) in [5.74, 6) is 0. The second-order valence-corrected chi connectivity index (χ2v) is 2.78. The minimum Gasteiger partial charge on any atom is -0.468 e. The number of nitrogens with zero attached hydrogens (tertiary/aromatic N) is 3. The molecule has 0 saturated heterocycles. The topological polar surface area (TPSA) is 67.9 Å². The zero-order chi connectivity index (χ0) is 10.6. The summed E-state index contributed by atoms with van der Waals surface area (Å²) in [6.07, 6.45) is 0.265. The number of hydrogen-bond acceptors (Lipinski definition) is 4. The van der Waals surface area contributed by atoms with Gasteiger partial charge in [-0.3, -0.25) is 9.36 Å². The molecular formula is C9H11N3O2. The van der Waals surface area contributed by atoms with Gasteiger partial charge in [0.1, 0.15) is 0 Å². The van der Waals surface area contributed by atoms with Crippen LogP contribution in [0.4, 0.5) is 0 Å². The van der Waals surface area contributed by atoms with Gasteiger partial charge in [-0.05, 0) is 6.92 Å². The van der Waals surface area contributed by atoms with Crippen molar-refractivity contribution in [3.63, 3.8) is 0 Å². The first-order valence-electron chi connectivity index (χ1n) is 4.18. The molecule has 0 bridgehead atoms. The monoisotopic (exact) mass is 193 g/mol. The van der Waals surface area contributed by atoms with Crippen molar-refractivity contribution in [3.05, 3.63) is 22.1 Å². The first-order valence-corrected chi connectivity index (χ1v) is 4.18. The third-order valence-electron chi connectivity index (χ3n) is 1.73. The Bertz CT molecular complexity index is 417. The molecule has 0 spiro atoms. The predicted molar refractivity (Wildman–Crippen MR) is 50.0 cm³/mol. The molecule has 0 aliphatic rings. The average molecular weight is 193 g/mol. The maximum absolute atomic E-state index is 11.5. The molecule has 0 aliphatic heterocycles. The summed E-state index contributed by atoms with van der Waals surface area (Å²) < 4.78 is 6.29. The zero-order valence-corrected chi connectivity index (χ0v) is 8.15. The molecule has 5 heteroatoms. The summed E-state index contributed by atoms with van der Waals surface area (Å²) in [5, 5.41) is 8.41. The standard InChI is InChI=1S/C9H11N3O2/c1-7-6-8(13)12(5-3-4-10)9(11-7)14-2/h6H,3,5H2,1-2H3. The van der Waals surface area contributed by atoms with E-state index in [4.69, 9.17) is 10.00 Å². The van der Waals surface area contributed by atoms with Crippen molar-refractivity contribution in [1.82, 2.24) is 9.55 Å². The minimum atomic E-state index is -0.190. The van der Waals surface area contributed by atoms with Crippen molar-refractivity contribution in [2.75, 3.05) is 7.11 Å². The lowest BCUT2D eigenvalue weighted by Gasteiger charge is -2.08. The molecule has 1 heterocycles. The molecular weight excluding hydrogens is 182 g/mol. The zero-order valence-electron chi connectivity index (χ0n) is 8.15. The summed E-state index contributed by atoms with van der Waals surface area (Å²) in [5.41, 5.74) is 0.421. The third kappa shape index (κ3) is 2.10. The van der Waals surface area contributed by atoms with Crippen LogP contribution in [0.2, 0.25) is 0 Å². The summed E-state index contributed by atoms with van der Waals surface area (Å²) in [7, 11) is 1.45. The number of methoxy groups -OCH3 is 1. The number of aryl methyl sites for hydroxylation is 1. The second-order valence-electron chi connectivity index (χ2n) is 2.78. The fourth-order valence-corrected chi connectivity index (χ4v) is 1.12. The first kappa shape index (κ1) is 10.3. The fourth-order valence-electron chi connectivity index (χ4n) is 1.12. The lowest BCUT2D eigenvalue weighted by molar-refractivity contribution is 0.345. The lowest BCUT2D eigenvalue weighted by Crippen LogP contribution is -2.22. The Kier molecular flexibility index (Phi) is 3.24. The Morgan fingerprint density at radius 1 is 1.71 bits per heavy atom. The van der Waals surface area contributed by atoms with E-state index in [1.54, 1.807) is 6.92 Å². The normalized spacial score (nSPS) is 9.50. The van der Waals surface area contributed by atoms with E-state index >= 15 is 0 Å². The van der Waals surface area contributed by atoms with E-state index in [9.17, 15) is 4.79 Å². The lowest BCUT2D eigenvalue weighted by atomic mass is 10.4. The van der Waals surface area contributed by atoms with Crippen LogP contribution in [0.25, 0.3) is 0 Å². The van der Waals surface area contributed by atoms with Crippen LogP contribution in [0, 0.1) is 18.3 Å². The molecule has 0 aromatic carbocycles. The van der Waals surface area contributed by atoms with Crippen LogP contribution in [0.3, 0.4) is 0 Å². The molecule has 1 aromatic rings. The fraction of sp³-hybridized carbons (Fsp3) is 0.444. The van der Waals surface area contributed by atoms with Crippen molar-refractivity contribution in [1.29, 1.82) is 5.26 Å². The van der Waals surface area contributed by atoms with Gasteiger partial charge >= 0.3 is 0 Å². The first-order chi connectivity index (χ1) is 6.69. The van der Waals surface area contributed by atoms with E-state index in [1.807, 2.05) is 6.07 Å². The van der Waals surface area contributed by atoms with Crippen molar-refractivity contribution < 1.29 is 4.74 Å². The second kappa shape index (κ2) is 4.42. The van der Waals surface area contributed by atoms with Crippen molar-refractivity contribution >= 4 is 0 Å². The Balaban J connectivity index is 3.13. The van der Waals surface area contributed by atoms with Gasteiger partial charge < -0.3 is 4.74 Å². The maximum Gasteiger partial charge on any atom is 0.299 e. The van der Waals surface area contributed by atoms with E-state index < -0.39 is 0 Å². The molecule has 0 aliphatic carbocycles. The van der Waals surface area contributed by atoms with Crippen LogP contribution in [-0.2, 0) is 6.54 Å². The summed E-state index contributed by atoms with van der Waals surface area (Å²) in [6.45, 7) is 2.03. The van der Waals surface area contributed by atoms with Crippen LogP contribution in [0.15, 0.2) is 10.9 Å². The molecule has 1 rings (SSSR count). The number of aromatic nitrogens is 2. The maximum atomic E-state index is 11.5. The van der Waals surface area contributed by atoms with E-state index in [1.165, 1.54) is 17.7 Å². The van der Waals surface area contributed by atoms with Gasteiger partial charge in [0.15, 0.2) is 0 Å². The Morgan fingerprint density at radius 3 is 3.00 bits per heavy atom. The predicted octanol–water partition coefficient (Wildman–Crippen LogP) is 0.474. The summed E-state index contributed by atoms with van der Waals surface area (Å²) in [6, 6.07) is 3.64. The molecule has 0 unspecified atom stereocenters. The Morgan fingerprint density at radius 2 is 2.43 bits per heavy atom. The molecule has 74 valence electrons. The molecule has 0 radical (unpaired) electrons. The molecule has 0 atom stereocenters. The molecule has 0 fully saturated rings. The van der Waals surface area contributed by atoms with Crippen molar-refractivity contribution in [2.45, 2.75) is 19.9 Å². The molecule has 1 aromatic heterocycles. The highest BCUT2D eigenvalue weighted by atomic mass is 16.5. The molecule has 0 saturated carbocycles. The quantitative estimate of drug-likeness (QED) is 0.700. The van der Waals surface area contributed by atoms with Crippen molar-refractivity contribution in [3.8, 4) is 12.1 Å². The van der Waals surface area contributed by atoms with Crippen molar-refractivity contribution in [2.24, 2.45) is 0 Å². The highest BCUT2D eigenvalue weighted by Gasteiger charge is 2.05. The number of nitriles is 1. The van der Waals surface area contributed by atoms with E-state index in [-0.39, 0.29) is 18.0 Å². The minimum absolute atomic E-state index is 0.190. The highest BCUT2D eigenvalue weighted by molar-refractivity contribution is 5.06. The number of hydrogen-bond donors (Lipinski definition) is 0. The van der Waals surface area contributed by atoms with E-state index in [2.05, 4.69) is 4.98 Å². The van der Waals surface area contributed by atoms with E-state index in [0.717, 1.165) is 0 Å².